The number of hydrogen-bond acceptors (Lipinski definition) is 2. The van der Waals surface area contributed by atoms with Gasteiger partial charge in [-0.2, -0.15) is 0 Å². The molecule has 0 saturated carbocycles. The highest BCUT2D eigenvalue weighted by atomic mass is 79.9. The Balaban J connectivity index is 2.21. The van der Waals surface area contributed by atoms with Crippen molar-refractivity contribution >= 4 is 60.5 Å². The zero-order valence-electron chi connectivity index (χ0n) is 9.01. The molecule has 0 amide bonds. The van der Waals surface area contributed by atoms with E-state index in [1.165, 1.54) is 4.88 Å². The monoisotopic (exact) mass is 393 g/mol. The number of thiophene rings is 1. The van der Waals surface area contributed by atoms with E-state index < -0.39 is 0 Å². The number of nitrogens with one attached hydrogen (secondary N) is 1. The summed E-state index contributed by atoms with van der Waals surface area (Å²) < 4.78 is 2.15. The minimum Gasteiger partial charge on any atom is -0.377 e. The van der Waals surface area contributed by atoms with Gasteiger partial charge in [0.25, 0.3) is 0 Å². The molecule has 0 aliphatic heterocycles. The quantitative estimate of drug-likeness (QED) is 0.662. The Hall–Kier alpha value is -0.0300. The molecule has 1 aromatic heterocycles. The van der Waals surface area contributed by atoms with Crippen LogP contribution in [0.15, 0.2) is 38.6 Å². The molecule has 1 heterocycles. The Kier molecular flexibility index (Phi) is 4.53. The molecule has 0 spiro atoms. The van der Waals surface area contributed by atoms with Crippen molar-refractivity contribution in [2.75, 3.05) is 5.32 Å². The number of halogens is 3. The van der Waals surface area contributed by atoms with Gasteiger partial charge in [0.1, 0.15) is 0 Å². The molecule has 17 heavy (non-hydrogen) atoms. The fourth-order valence-electron chi connectivity index (χ4n) is 1.52. The van der Waals surface area contributed by atoms with Crippen molar-refractivity contribution in [3.63, 3.8) is 0 Å². The molecular weight excluding hydrogens is 385 g/mol. The van der Waals surface area contributed by atoms with E-state index in [4.69, 9.17) is 11.6 Å². The van der Waals surface area contributed by atoms with Gasteiger partial charge in [-0.05, 0) is 68.4 Å². The van der Waals surface area contributed by atoms with Gasteiger partial charge >= 0.3 is 0 Å². The number of rotatable bonds is 3. The first-order valence-corrected chi connectivity index (χ1v) is 7.87. The third-order valence-electron chi connectivity index (χ3n) is 2.34. The number of benzene rings is 1. The molecule has 0 aliphatic carbocycles. The highest BCUT2D eigenvalue weighted by Crippen LogP contribution is 2.34. The molecule has 0 radical (unpaired) electrons. The van der Waals surface area contributed by atoms with E-state index in [9.17, 15) is 0 Å². The van der Waals surface area contributed by atoms with E-state index in [0.717, 1.165) is 19.7 Å². The highest BCUT2D eigenvalue weighted by molar-refractivity contribution is 9.11. The Bertz CT molecular complexity index is 527. The Morgan fingerprint density at radius 1 is 1.24 bits per heavy atom. The van der Waals surface area contributed by atoms with Crippen molar-refractivity contribution in [1.29, 1.82) is 0 Å². The first-order chi connectivity index (χ1) is 8.08. The van der Waals surface area contributed by atoms with Crippen molar-refractivity contribution in [3.05, 3.63) is 48.5 Å². The van der Waals surface area contributed by atoms with E-state index in [1.54, 1.807) is 11.3 Å². The van der Waals surface area contributed by atoms with Crippen molar-refractivity contribution < 1.29 is 0 Å². The summed E-state index contributed by atoms with van der Waals surface area (Å²) in [7, 11) is 0. The first-order valence-electron chi connectivity index (χ1n) is 5.02. The van der Waals surface area contributed by atoms with Gasteiger partial charge in [-0.3, -0.25) is 0 Å². The van der Waals surface area contributed by atoms with Crippen LogP contribution in [0, 0.1) is 0 Å². The van der Waals surface area contributed by atoms with Crippen molar-refractivity contribution in [2.45, 2.75) is 13.0 Å². The highest BCUT2D eigenvalue weighted by Gasteiger charge is 2.12. The van der Waals surface area contributed by atoms with E-state index >= 15 is 0 Å². The molecule has 1 nitrogen and oxygen atoms in total. The molecule has 0 fully saturated rings. The molecule has 5 heteroatoms. The zero-order valence-corrected chi connectivity index (χ0v) is 13.8. The van der Waals surface area contributed by atoms with Gasteiger partial charge in [0.05, 0.1) is 11.7 Å². The normalized spacial score (nSPS) is 12.5. The fraction of sp³-hybridized carbons (Fsp3) is 0.167. The van der Waals surface area contributed by atoms with Gasteiger partial charge in [-0.25, -0.2) is 0 Å². The van der Waals surface area contributed by atoms with Crippen LogP contribution in [0.1, 0.15) is 17.8 Å². The lowest BCUT2D eigenvalue weighted by Gasteiger charge is -2.16. The van der Waals surface area contributed by atoms with Gasteiger partial charge in [-0.15, -0.1) is 11.3 Å². The SMILES string of the molecule is CC(Nc1cc(Cl)ccc1Br)c1sccc1Br. The molecule has 0 saturated heterocycles. The summed E-state index contributed by atoms with van der Waals surface area (Å²) in [4.78, 5) is 1.27. The van der Waals surface area contributed by atoms with Crippen LogP contribution >= 0.6 is 54.8 Å². The van der Waals surface area contributed by atoms with Crippen LogP contribution in [-0.4, -0.2) is 0 Å². The number of hydrogen-bond donors (Lipinski definition) is 1. The van der Waals surface area contributed by atoms with Crippen LogP contribution in [-0.2, 0) is 0 Å². The zero-order chi connectivity index (χ0) is 12.4. The average Bonchev–Trinajstić information content (AvgIpc) is 2.70. The molecular formula is C12H10Br2ClNS. The summed E-state index contributed by atoms with van der Waals surface area (Å²) in [6.45, 7) is 2.13. The smallest absolute Gasteiger partial charge is 0.0590 e. The van der Waals surface area contributed by atoms with Crippen LogP contribution in [0.3, 0.4) is 0 Å². The lowest BCUT2D eigenvalue weighted by molar-refractivity contribution is 0.902. The summed E-state index contributed by atoms with van der Waals surface area (Å²) in [5.74, 6) is 0. The van der Waals surface area contributed by atoms with E-state index in [-0.39, 0.29) is 6.04 Å². The molecule has 1 aromatic carbocycles. The van der Waals surface area contributed by atoms with E-state index in [1.807, 2.05) is 18.2 Å². The van der Waals surface area contributed by atoms with Gasteiger partial charge in [-0.1, -0.05) is 11.6 Å². The maximum Gasteiger partial charge on any atom is 0.0590 e. The molecule has 2 rings (SSSR count). The number of anilines is 1. The van der Waals surface area contributed by atoms with E-state index in [0.29, 0.717) is 0 Å². The third kappa shape index (κ3) is 3.25. The Labute approximate surface area is 126 Å². The maximum atomic E-state index is 5.99. The predicted octanol–water partition coefficient (Wildman–Crippen LogP) is 6.10. The molecule has 1 unspecified atom stereocenters. The van der Waals surface area contributed by atoms with Crippen LogP contribution in [0.5, 0.6) is 0 Å². The lowest BCUT2D eigenvalue weighted by Crippen LogP contribution is -2.05. The summed E-state index contributed by atoms with van der Waals surface area (Å²) in [5.41, 5.74) is 1.00. The second kappa shape index (κ2) is 5.74. The first kappa shape index (κ1) is 13.4. The summed E-state index contributed by atoms with van der Waals surface area (Å²) in [6, 6.07) is 8.03. The lowest BCUT2D eigenvalue weighted by atomic mass is 10.2. The average molecular weight is 396 g/mol. The van der Waals surface area contributed by atoms with Gasteiger partial charge in [0.2, 0.25) is 0 Å². The Morgan fingerprint density at radius 2 is 2.00 bits per heavy atom. The molecule has 90 valence electrons. The second-order valence-corrected chi connectivity index (χ2v) is 6.72. The van der Waals surface area contributed by atoms with Crippen LogP contribution in [0.25, 0.3) is 0 Å². The van der Waals surface area contributed by atoms with Crippen LogP contribution < -0.4 is 5.32 Å². The topological polar surface area (TPSA) is 12.0 Å². The largest absolute Gasteiger partial charge is 0.377 e. The van der Waals surface area contributed by atoms with Crippen molar-refractivity contribution in [2.24, 2.45) is 0 Å². The molecule has 2 aromatic rings. The molecule has 0 aliphatic rings. The second-order valence-electron chi connectivity index (χ2n) is 3.62. The molecule has 1 N–H and O–H groups in total. The van der Waals surface area contributed by atoms with Gasteiger partial charge in [0, 0.05) is 18.8 Å². The van der Waals surface area contributed by atoms with Crippen LogP contribution in [0.2, 0.25) is 5.02 Å². The van der Waals surface area contributed by atoms with Crippen molar-refractivity contribution in [3.8, 4) is 0 Å². The summed E-state index contributed by atoms with van der Waals surface area (Å²) >= 11 is 14.8. The standard InChI is InChI=1S/C12H10Br2ClNS/c1-7(12-10(14)4-5-17-12)16-11-6-8(15)2-3-9(11)13/h2-7,16H,1H3. The van der Waals surface area contributed by atoms with E-state index in [2.05, 4.69) is 55.5 Å². The fourth-order valence-corrected chi connectivity index (χ4v) is 3.78. The summed E-state index contributed by atoms with van der Waals surface area (Å²) in [5, 5.41) is 6.25. The minimum atomic E-state index is 0.235. The minimum absolute atomic E-state index is 0.235. The van der Waals surface area contributed by atoms with Gasteiger partial charge in [0.15, 0.2) is 0 Å². The maximum absolute atomic E-state index is 5.99. The van der Waals surface area contributed by atoms with Gasteiger partial charge < -0.3 is 5.32 Å². The predicted molar refractivity (Wildman–Crippen MR) is 83.2 cm³/mol. The third-order valence-corrected chi connectivity index (χ3v) is 5.32. The van der Waals surface area contributed by atoms with Crippen LogP contribution in [0.4, 0.5) is 5.69 Å². The summed E-state index contributed by atoms with van der Waals surface area (Å²) in [6.07, 6.45) is 0. The Morgan fingerprint density at radius 3 is 2.65 bits per heavy atom. The molecule has 0 bridgehead atoms. The molecule has 1 atom stereocenters. The van der Waals surface area contributed by atoms with Crippen molar-refractivity contribution in [1.82, 2.24) is 0 Å².